The molecule has 0 fully saturated rings. The first kappa shape index (κ1) is 25.1. The summed E-state index contributed by atoms with van der Waals surface area (Å²) in [7, 11) is 0. The number of alkyl halides is 3. The second-order valence-corrected chi connectivity index (χ2v) is 6.72. The Morgan fingerprint density at radius 3 is 2.41 bits per heavy atom. The minimum Gasteiger partial charge on any atom is -0.444 e. The number of ether oxygens (including phenoxy) is 2. The van der Waals surface area contributed by atoms with Crippen LogP contribution in [0.2, 0.25) is 0 Å². The summed E-state index contributed by atoms with van der Waals surface area (Å²) in [6.07, 6.45) is -4.75. The summed E-state index contributed by atoms with van der Waals surface area (Å²) in [5.41, 5.74) is -0.837. The Hall–Kier alpha value is -1.87. The quantitative estimate of drug-likeness (QED) is 0.721. The summed E-state index contributed by atoms with van der Waals surface area (Å²) in [5.74, 6) is 0. The van der Waals surface area contributed by atoms with Crippen molar-refractivity contribution in [1.29, 1.82) is 0 Å². The number of aromatic nitrogens is 1. The smallest absolute Gasteiger partial charge is 0.433 e. The summed E-state index contributed by atoms with van der Waals surface area (Å²) in [4.78, 5) is 14.6. The zero-order chi connectivity index (χ0) is 21.1. The van der Waals surface area contributed by atoms with Crippen molar-refractivity contribution in [2.45, 2.75) is 58.9 Å². The summed E-state index contributed by atoms with van der Waals surface area (Å²) in [6.45, 7) is 9.83. The predicted octanol–water partition coefficient (Wildman–Crippen LogP) is 3.57. The number of halogens is 3. The molecule has 156 valence electrons. The van der Waals surface area contributed by atoms with E-state index in [0.717, 1.165) is 6.07 Å². The molecule has 1 amide bonds. The molecule has 0 spiro atoms. The van der Waals surface area contributed by atoms with Crippen molar-refractivity contribution in [3.05, 3.63) is 29.6 Å². The maximum atomic E-state index is 12.0. The molecule has 2 N–H and O–H groups in total. The van der Waals surface area contributed by atoms with Gasteiger partial charge in [0.2, 0.25) is 0 Å². The van der Waals surface area contributed by atoms with Crippen molar-refractivity contribution < 1.29 is 32.5 Å². The van der Waals surface area contributed by atoms with E-state index in [0.29, 0.717) is 25.3 Å². The Balaban J connectivity index is 0.000000511. The van der Waals surface area contributed by atoms with E-state index in [9.17, 15) is 18.0 Å². The second-order valence-electron chi connectivity index (χ2n) is 6.72. The molecule has 0 saturated carbocycles. The monoisotopic (exact) mass is 394 g/mol. The van der Waals surface area contributed by atoms with Crippen molar-refractivity contribution in [3.8, 4) is 0 Å². The van der Waals surface area contributed by atoms with Crippen molar-refractivity contribution in [1.82, 2.24) is 10.3 Å². The number of aliphatic hydroxyl groups is 1. The first-order valence-electron chi connectivity index (χ1n) is 8.61. The van der Waals surface area contributed by atoms with Gasteiger partial charge in [-0.2, -0.15) is 13.2 Å². The number of nitrogens with one attached hydrogen (secondary N) is 1. The Kier molecular flexibility index (Phi) is 10.9. The highest BCUT2D eigenvalue weighted by Gasteiger charge is 2.32. The van der Waals surface area contributed by atoms with Gasteiger partial charge in [-0.15, -0.1) is 0 Å². The molecule has 0 radical (unpaired) electrons. The number of aliphatic hydroxyl groups excluding tert-OH is 1. The largest absolute Gasteiger partial charge is 0.444 e. The van der Waals surface area contributed by atoms with E-state index in [2.05, 4.69) is 10.3 Å². The number of aryl methyl sites for hydroxylation is 1. The number of rotatable bonds is 6. The summed E-state index contributed by atoms with van der Waals surface area (Å²) >= 11 is 0. The van der Waals surface area contributed by atoms with Crippen LogP contribution in [0.5, 0.6) is 0 Å². The zero-order valence-electron chi connectivity index (χ0n) is 16.4. The first-order chi connectivity index (χ1) is 12.3. The van der Waals surface area contributed by atoms with Crippen molar-refractivity contribution in [2.75, 3.05) is 19.8 Å². The van der Waals surface area contributed by atoms with E-state index < -0.39 is 29.7 Å². The molecule has 1 aromatic heterocycles. The SMILES string of the molecule is CC(O)COCCNC(=O)OC(C)(C)C.CCc1cccc(C(F)(F)F)n1. The van der Waals surface area contributed by atoms with Crippen molar-refractivity contribution in [3.63, 3.8) is 0 Å². The summed E-state index contributed by atoms with van der Waals surface area (Å²) in [5, 5.41) is 11.4. The average molecular weight is 394 g/mol. The minimum atomic E-state index is -4.33. The second kappa shape index (κ2) is 11.8. The molecule has 27 heavy (non-hydrogen) atoms. The molecule has 9 heteroatoms. The van der Waals surface area contributed by atoms with Gasteiger partial charge in [0.15, 0.2) is 0 Å². The van der Waals surface area contributed by atoms with E-state index in [1.165, 1.54) is 6.07 Å². The third-order valence-electron chi connectivity index (χ3n) is 2.73. The number of nitrogens with zero attached hydrogens (tertiary/aromatic N) is 1. The molecular weight excluding hydrogens is 365 g/mol. The zero-order valence-corrected chi connectivity index (χ0v) is 16.4. The fourth-order valence-electron chi connectivity index (χ4n) is 1.63. The van der Waals surface area contributed by atoms with E-state index in [1.54, 1.807) is 40.7 Å². The molecule has 1 unspecified atom stereocenters. The van der Waals surface area contributed by atoms with Crippen LogP contribution < -0.4 is 5.32 Å². The molecule has 6 nitrogen and oxygen atoms in total. The Bertz CT molecular complexity index is 558. The van der Waals surface area contributed by atoms with Crippen LogP contribution >= 0.6 is 0 Å². The minimum absolute atomic E-state index is 0.274. The van der Waals surface area contributed by atoms with E-state index >= 15 is 0 Å². The van der Waals surface area contributed by atoms with Gasteiger partial charge in [-0.25, -0.2) is 9.78 Å². The average Bonchev–Trinajstić information content (AvgIpc) is 2.52. The fraction of sp³-hybridized carbons (Fsp3) is 0.667. The first-order valence-corrected chi connectivity index (χ1v) is 8.61. The molecule has 0 aliphatic heterocycles. The van der Waals surface area contributed by atoms with Crippen LogP contribution in [0.3, 0.4) is 0 Å². The maximum absolute atomic E-state index is 12.0. The highest BCUT2D eigenvalue weighted by Crippen LogP contribution is 2.27. The van der Waals surface area contributed by atoms with Crippen molar-refractivity contribution in [2.24, 2.45) is 0 Å². The highest BCUT2D eigenvalue weighted by atomic mass is 19.4. The lowest BCUT2D eigenvalue weighted by Gasteiger charge is -2.19. The number of hydrogen-bond donors (Lipinski definition) is 2. The molecule has 1 atom stereocenters. The molecule has 1 aromatic rings. The van der Waals surface area contributed by atoms with Crippen LogP contribution in [0, 0.1) is 0 Å². The summed E-state index contributed by atoms with van der Waals surface area (Å²) in [6, 6.07) is 3.92. The van der Waals surface area contributed by atoms with Crippen LogP contribution in [0.4, 0.5) is 18.0 Å². The molecule has 1 rings (SSSR count). The number of carbonyl (C=O) groups is 1. The lowest BCUT2D eigenvalue weighted by molar-refractivity contribution is -0.141. The third-order valence-corrected chi connectivity index (χ3v) is 2.73. The van der Waals surface area contributed by atoms with Crippen LogP contribution in [0.25, 0.3) is 0 Å². The van der Waals surface area contributed by atoms with E-state index in [4.69, 9.17) is 14.6 Å². The van der Waals surface area contributed by atoms with Crippen LogP contribution in [-0.4, -0.2) is 47.6 Å². The van der Waals surface area contributed by atoms with Gasteiger partial charge in [-0.05, 0) is 46.2 Å². The Morgan fingerprint density at radius 1 is 1.30 bits per heavy atom. The normalized spacial score (nSPS) is 12.6. The number of pyridine rings is 1. The van der Waals surface area contributed by atoms with E-state index in [1.807, 2.05) is 0 Å². The van der Waals surface area contributed by atoms with Gasteiger partial charge in [-0.1, -0.05) is 13.0 Å². The number of carbonyl (C=O) groups excluding carboxylic acids is 1. The molecule has 0 aromatic carbocycles. The van der Waals surface area contributed by atoms with Crippen LogP contribution in [-0.2, 0) is 22.1 Å². The molecule has 0 saturated heterocycles. The number of amides is 1. The van der Waals surface area contributed by atoms with Gasteiger partial charge >= 0.3 is 12.3 Å². The van der Waals surface area contributed by atoms with Crippen LogP contribution in [0.1, 0.15) is 46.0 Å². The van der Waals surface area contributed by atoms with Crippen LogP contribution in [0.15, 0.2) is 18.2 Å². The lowest BCUT2D eigenvalue weighted by Crippen LogP contribution is -2.34. The molecule has 0 bridgehead atoms. The third kappa shape index (κ3) is 13.9. The van der Waals surface area contributed by atoms with Gasteiger partial charge in [0, 0.05) is 12.2 Å². The Labute approximate surface area is 158 Å². The summed E-state index contributed by atoms with van der Waals surface area (Å²) < 4.78 is 46.2. The Morgan fingerprint density at radius 2 is 1.93 bits per heavy atom. The maximum Gasteiger partial charge on any atom is 0.433 e. The molecule has 0 aliphatic carbocycles. The van der Waals surface area contributed by atoms with Gasteiger partial charge in [-0.3, -0.25) is 0 Å². The molecular formula is C18H29F3N2O4. The number of alkyl carbamates (subject to hydrolysis) is 1. The van der Waals surface area contributed by atoms with Gasteiger partial charge < -0.3 is 19.9 Å². The van der Waals surface area contributed by atoms with Crippen molar-refractivity contribution >= 4 is 6.09 Å². The molecule has 1 heterocycles. The number of hydrogen-bond acceptors (Lipinski definition) is 5. The fourth-order valence-corrected chi connectivity index (χ4v) is 1.63. The van der Waals surface area contributed by atoms with Gasteiger partial charge in [0.1, 0.15) is 11.3 Å². The highest BCUT2D eigenvalue weighted by molar-refractivity contribution is 5.67. The van der Waals surface area contributed by atoms with Gasteiger partial charge in [0.25, 0.3) is 0 Å². The molecule has 0 aliphatic rings. The van der Waals surface area contributed by atoms with Gasteiger partial charge in [0.05, 0.1) is 19.3 Å². The standard InChI is InChI=1S/C10H21NO4.C8H8F3N/c1-8(12)7-14-6-5-11-9(13)15-10(2,3)4;1-2-6-4-3-5-7(12-6)8(9,10)11/h8,12H,5-7H2,1-4H3,(H,11,13);3-5H,2H2,1H3. The van der Waals surface area contributed by atoms with E-state index in [-0.39, 0.29) is 6.61 Å². The topological polar surface area (TPSA) is 80.7 Å². The lowest BCUT2D eigenvalue weighted by atomic mass is 10.2. The predicted molar refractivity (Wildman–Crippen MR) is 95.4 cm³/mol.